The fourth-order valence-electron chi connectivity index (χ4n) is 2.14. The molecular weight excluding hydrogens is 260 g/mol. The van der Waals surface area contributed by atoms with Gasteiger partial charge >= 0.3 is 0 Å². The smallest absolute Gasteiger partial charge is 0.289 e. The Labute approximate surface area is 115 Å². The van der Waals surface area contributed by atoms with Crippen LogP contribution in [0.1, 0.15) is 18.4 Å². The number of hydrogen-bond donors (Lipinski definition) is 1. The van der Waals surface area contributed by atoms with Crippen LogP contribution in [0.2, 0.25) is 0 Å². The minimum Gasteiger partial charge on any atom is -0.376 e. The first kappa shape index (κ1) is 13.8. The predicted octanol–water partition coefficient (Wildman–Crippen LogP) is 1.50. The van der Waals surface area contributed by atoms with Gasteiger partial charge < -0.3 is 10.2 Å². The summed E-state index contributed by atoms with van der Waals surface area (Å²) in [5.41, 5.74) is 0.209. The van der Waals surface area contributed by atoms with Crippen LogP contribution < -0.4 is 5.32 Å². The number of nitrogens with zero attached hydrogens (tertiary/aromatic N) is 3. The number of benzene rings is 1. The van der Waals surface area contributed by atoms with Gasteiger partial charge in [0.2, 0.25) is 5.91 Å². The zero-order chi connectivity index (χ0) is 14.5. The Balaban J connectivity index is 2.03. The quantitative estimate of drug-likeness (QED) is 0.662. The molecule has 0 unspecified atom stereocenters. The van der Waals surface area contributed by atoms with E-state index in [0.717, 1.165) is 25.9 Å². The molecule has 0 atom stereocenters. The molecule has 0 spiro atoms. The number of rotatable bonds is 4. The Morgan fingerprint density at radius 2 is 2.15 bits per heavy atom. The number of nitrogens with one attached hydrogen (secondary N) is 1. The molecule has 2 rings (SSSR count). The van der Waals surface area contributed by atoms with Gasteiger partial charge in [0.25, 0.3) is 5.69 Å². The molecule has 0 aromatic heterocycles. The molecule has 7 nitrogen and oxygen atoms in total. The van der Waals surface area contributed by atoms with E-state index in [9.17, 15) is 14.9 Å². The SMILES string of the molecule is N#Cc1ccc(NCC(=O)N2CCCC2)cc1[N+](=O)[O-]. The van der Waals surface area contributed by atoms with Crippen LogP contribution in [0.5, 0.6) is 0 Å². The molecule has 1 N–H and O–H groups in total. The van der Waals surface area contributed by atoms with Crippen molar-refractivity contribution in [1.29, 1.82) is 5.26 Å². The number of nitriles is 1. The van der Waals surface area contributed by atoms with Gasteiger partial charge in [-0.25, -0.2) is 0 Å². The van der Waals surface area contributed by atoms with Gasteiger partial charge in [-0.1, -0.05) is 0 Å². The van der Waals surface area contributed by atoms with E-state index in [0.29, 0.717) is 5.69 Å². The highest BCUT2D eigenvalue weighted by atomic mass is 16.6. The lowest BCUT2D eigenvalue weighted by atomic mass is 10.2. The van der Waals surface area contributed by atoms with Gasteiger partial charge in [-0.15, -0.1) is 0 Å². The van der Waals surface area contributed by atoms with E-state index in [1.54, 1.807) is 17.0 Å². The summed E-state index contributed by atoms with van der Waals surface area (Å²) >= 11 is 0. The summed E-state index contributed by atoms with van der Waals surface area (Å²) in [6.07, 6.45) is 2.04. The summed E-state index contributed by atoms with van der Waals surface area (Å²) in [4.78, 5) is 23.8. The molecule has 1 aromatic rings. The lowest BCUT2D eigenvalue weighted by molar-refractivity contribution is -0.385. The monoisotopic (exact) mass is 274 g/mol. The van der Waals surface area contributed by atoms with Crippen molar-refractivity contribution in [3.05, 3.63) is 33.9 Å². The van der Waals surface area contributed by atoms with E-state index >= 15 is 0 Å². The van der Waals surface area contributed by atoms with E-state index in [2.05, 4.69) is 5.32 Å². The van der Waals surface area contributed by atoms with Crippen molar-refractivity contribution in [2.24, 2.45) is 0 Å². The zero-order valence-corrected chi connectivity index (χ0v) is 10.8. The fraction of sp³-hybridized carbons (Fsp3) is 0.385. The minimum absolute atomic E-state index is 0.00594. The average molecular weight is 274 g/mol. The number of likely N-dealkylation sites (tertiary alicyclic amines) is 1. The standard InChI is InChI=1S/C13H14N4O3/c14-8-10-3-4-11(7-12(10)17(19)20)15-9-13(18)16-5-1-2-6-16/h3-4,7,15H,1-2,5-6,9H2. The van der Waals surface area contributed by atoms with Crippen molar-refractivity contribution in [3.8, 4) is 6.07 Å². The van der Waals surface area contributed by atoms with Gasteiger partial charge in [0.1, 0.15) is 11.6 Å². The summed E-state index contributed by atoms with van der Waals surface area (Å²) in [5.74, 6) is -0.0190. The number of amides is 1. The highest BCUT2D eigenvalue weighted by Gasteiger charge is 2.18. The molecule has 1 saturated heterocycles. The van der Waals surface area contributed by atoms with E-state index in [1.165, 1.54) is 12.1 Å². The van der Waals surface area contributed by atoms with Gasteiger partial charge in [0.15, 0.2) is 0 Å². The molecular formula is C13H14N4O3. The second-order valence-electron chi connectivity index (χ2n) is 4.54. The second-order valence-corrected chi connectivity index (χ2v) is 4.54. The van der Waals surface area contributed by atoms with Crippen molar-refractivity contribution in [1.82, 2.24) is 4.90 Å². The van der Waals surface area contributed by atoms with Crippen LogP contribution in [-0.4, -0.2) is 35.4 Å². The molecule has 1 heterocycles. The number of carbonyl (C=O) groups excluding carboxylic acids is 1. The lowest BCUT2D eigenvalue weighted by Crippen LogP contribution is -2.32. The van der Waals surface area contributed by atoms with Gasteiger partial charge in [-0.05, 0) is 25.0 Å². The molecule has 1 amide bonds. The van der Waals surface area contributed by atoms with Crippen molar-refractivity contribution in [3.63, 3.8) is 0 Å². The average Bonchev–Trinajstić information content (AvgIpc) is 2.98. The minimum atomic E-state index is -0.605. The Bertz CT molecular complexity index is 573. The van der Waals surface area contributed by atoms with Crippen LogP contribution in [-0.2, 0) is 4.79 Å². The maximum absolute atomic E-state index is 11.8. The molecule has 0 radical (unpaired) electrons. The van der Waals surface area contributed by atoms with Gasteiger partial charge in [0.05, 0.1) is 11.5 Å². The summed E-state index contributed by atoms with van der Waals surface area (Å²) in [5, 5.41) is 22.5. The van der Waals surface area contributed by atoms with Crippen LogP contribution in [0.4, 0.5) is 11.4 Å². The number of carbonyl (C=O) groups is 1. The Morgan fingerprint density at radius 1 is 1.45 bits per heavy atom. The third kappa shape index (κ3) is 3.03. The van der Waals surface area contributed by atoms with Crippen LogP contribution in [0.25, 0.3) is 0 Å². The number of hydrogen-bond acceptors (Lipinski definition) is 5. The van der Waals surface area contributed by atoms with Crippen molar-refractivity contribution >= 4 is 17.3 Å². The Kier molecular flexibility index (Phi) is 4.15. The molecule has 0 aliphatic carbocycles. The number of nitro groups is 1. The normalized spacial score (nSPS) is 13.8. The summed E-state index contributed by atoms with van der Waals surface area (Å²) in [6.45, 7) is 1.64. The van der Waals surface area contributed by atoms with Crippen molar-refractivity contribution < 1.29 is 9.72 Å². The Morgan fingerprint density at radius 3 is 2.75 bits per heavy atom. The summed E-state index contributed by atoms with van der Waals surface area (Å²) < 4.78 is 0. The Hall–Kier alpha value is -2.62. The summed E-state index contributed by atoms with van der Waals surface area (Å²) in [7, 11) is 0. The van der Waals surface area contributed by atoms with Crippen LogP contribution in [0.3, 0.4) is 0 Å². The van der Waals surface area contributed by atoms with Crippen molar-refractivity contribution in [2.45, 2.75) is 12.8 Å². The number of anilines is 1. The first-order chi connectivity index (χ1) is 9.61. The highest BCUT2D eigenvalue weighted by Crippen LogP contribution is 2.22. The molecule has 104 valence electrons. The van der Waals surface area contributed by atoms with E-state index in [-0.39, 0.29) is 23.7 Å². The molecule has 1 fully saturated rings. The molecule has 20 heavy (non-hydrogen) atoms. The van der Waals surface area contributed by atoms with Gasteiger partial charge in [-0.2, -0.15) is 5.26 Å². The largest absolute Gasteiger partial charge is 0.376 e. The number of nitro benzene ring substituents is 1. The fourth-order valence-corrected chi connectivity index (χ4v) is 2.14. The second kappa shape index (κ2) is 6.02. The molecule has 0 bridgehead atoms. The van der Waals surface area contributed by atoms with Crippen LogP contribution >= 0.6 is 0 Å². The first-order valence-corrected chi connectivity index (χ1v) is 6.32. The molecule has 1 aliphatic rings. The van der Waals surface area contributed by atoms with Crippen molar-refractivity contribution in [2.75, 3.05) is 25.0 Å². The van der Waals surface area contributed by atoms with E-state index in [1.807, 2.05) is 0 Å². The molecule has 0 saturated carbocycles. The molecule has 1 aliphatic heterocycles. The lowest BCUT2D eigenvalue weighted by Gasteiger charge is -2.15. The van der Waals surface area contributed by atoms with E-state index in [4.69, 9.17) is 5.26 Å². The topological polar surface area (TPSA) is 99.3 Å². The van der Waals surface area contributed by atoms with Crippen LogP contribution in [0.15, 0.2) is 18.2 Å². The maximum atomic E-state index is 11.8. The van der Waals surface area contributed by atoms with Crippen LogP contribution in [0, 0.1) is 21.4 Å². The zero-order valence-electron chi connectivity index (χ0n) is 10.8. The first-order valence-electron chi connectivity index (χ1n) is 6.32. The van der Waals surface area contributed by atoms with E-state index < -0.39 is 4.92 Å². The summed E-state index contributed by atoms with van der Waals surface area (Å²) in [6, 6.07) is 5.98. The van der Waals surface area contributed by atoms with Gasteiger partial charge in [0, 0.05) is 24.8 Å². The highest BCUT2D eigenvalue weighted by molar-refractivity contribution is 5.81. The maximum Gasteiger partial charge on any atom is 0.289 e. The third-order valence-electron chi connectivity index (χ3n) is 3.22. The van der Waals surface area contributed by atoms with Gasteiger partial charge in [-0.3, -0.25) is 14.9 Å². The molecule has 1 aromatic carbocycles. The predicted molar refractivity (Wildman–Crippen MR) is 72.1 cm³/mol. The molecule has 7 heteroatoms. The third-order valence-corrected chi connectivity index (χ3v) is 3.22.